The number of carbonyl (C=O) groups excluding carboxylic acids is 1. The highest BCUT2D eigenvalue weighted by molar-refractivity contribution is 5.80. The van der Waals surface area contributed by atoms with Crippen LogP contribution in [0.15, 0.2) is 0 Å². The van der Waals surface area contributed by atoms with E-state index < -0.39 is 0 Å². The van der Waals surface area contributed by atoms with E-state index in [1.54, 1.807) is 0 Å². The normalized spacial score (nSPS) is 29.7. The molecule has 2 fully saturated rings. The first kappa shape index (κ1) is 10.9. The average Bonchev–Trinajstić information content (AvgIpc) is 2.15. The Kier molecular flexibility index (Phi) is 3.29. The summed E-state index contributed by atoms with van der Waals surface area (Å²) in [5, 5.41) is 0. The standard InChI is InChI=1S/C12H22N2O/c1-9(13)11-7-2-3-8-14(11)12(15)10-5-4-6-10/h9-11H,2-8,13H2,1H3. The van der Waals surface area contributed by atoms with Crippen molar-refractivity contribution in [2.24, 2.45) is 11.7 Å². The zero-order chi connectivity index (χ0) is 10.8. The Balaban J connectivity index is 1.99. The van der Waals surface area contributed by atoms with Crippen molar-refractivity contribution in [1.82, 2.24) is 4.90 Å². The molecule has 2 aliphatic rings. The van der Waals surface area contributed by atoms with Gasteiger partial charge in [0.2, 0.25) is 5.91 Å². The smallest absolute Gasteiger partial charge is 0.225 e. The molecule has 3 nitrogen and oxygen atoms in total. The van der Waals surface area contributed by atoms with Gasteiger partial charge in [0.1, 0.15) is 0 Å². The van der Waals surface area contributed by atoms with Crippen LogP contribution >= 0.6 is 0 Å². The first-order valence-corrected chi connectivity index (χ1v) is 6.26. The Morgan fingerprint density at radius 3 is 2.53 bits per heavy atom. The van der Waals surface area contributed by atoms with Gasteiger partial charge in [-0.05, 0) is 39.0 Å². The fraction of sp³-hybridized carbons (Fsp3) is 0.917. The van der Waals surface area contributed by atoms with Gasteiger partial charge in [0.15, 0.2) is 0 Å². The van der Waals surface area contributed by atoms with Crippen LogP contribution in [-0.2, 0) is 4.79 Å². The van der Waals surface area contributed by atoms with Gasteiger partial charge in [0.25, 0.3) is 0 Å². The number of rotatable bonds is 2. The quantitative estimate of drug-likeness (QED) is 0.751. The number of piperidine rings is 1. The second-order valence-electron chi connectivity index (χ2n) is 5.08. The molecule has 2 atom stereocenters. The van der Waals surface area contributed by atoms with Crippen LogP contribution in [-0.4, -0.2) is 29.4 Å². The maximum atomic E-state index is 12.2. The molecule has 86 valence electrons. The summed E-state index contributed by atoms with van der Waals surface area (Å²) in [5.41, 5.74) is 5.96. The number of hydrogen-bond donors (Lipinski definition) is 1. The van der Waals surface area contributed by atoms with Crippen molar-refractivity contribution in [3.05, 3.63) is 0 Å². The van der Waals surface area contributed by atoms with Crippen molar-refractivity contribution in [1.29, 1.82) is 0 Å². The molecule has 0 spiro atoms. The van der Waals surface area contributed by atoms with Crippen LogP contribution in [0.1, 0.15) is 45.4 Å². The molecule has 3 heteroatoms. The fourth-order valence-electron chi connectivity index (χ4n) is 2.67. The van der Waals surface area contributed by atoms with Crippen molar-refractivity contribution < 1.29 is 4.79 Å². The molecule has 15 heavy (non-hydrogen) atoms. The van der Waals surface area contributed by atoms with Crippen LogP contribution in [0.3, 0.4) is 0 Å². The Labute approximate surface area is 92.0 Å². The monoisotopic (exact) mass is 210 g/mol. The third-order valence-corrected chi connectivity index (χ3v) is 3.89. The fourth-order valence-corrected chi connectivity index (χ4v) is 2.67. The summed E-state index contributed by atoms with van der Waals surface area (Å²) in [6.07, 6.45) is 6.90. The molecule has 2 rings (SSSR count). The van der Waals surface area contributed by atoms with E-state index in [9.17, 15) is 4.79 Å². The van der Waals surface area contributed by atoms with Crippen molar-refractivity contribution in [3.63, 3.8) is 0 Å². The minimum atomic E-state index is 0.120. The molecule has 1 heterocycles. The van der Waals surface area contributed by atoms with Gasteiger partial charge in [-0.15, -0.1) is 0 Å². The molecule has 0 aromatic heterocycles. The minimum Gasteiger partial charge on any atom is -0.338 e. The molecule has 1 saturated heterocycles. The van der Waals surface area contributed by atoms with Crippen molar-refractivity contribution in [2.45, 2.75) is 57.5 Å². The zero-order valence-corrected chi connectivity index (χ0v) is 9.61. The van der Waals surface area contributed by atoms with Crippen LogP contribution in [0.4, 0.5) is 0 Å². The van der Waals surface area contributed by atoms with E-state index >= 15 is 0 Å². The molecular weight excluding hydrogens is 188 g/mol. The van der Waals surface area contributed by atoms with Crippen molar-refractivity contribution in [3.8, 4) is 0 Å². The second-order valence-corrected chi connectivity index (χ2v) is 5.08. The topological polar surface area (TPSA) is 46.3 Å². The number of carbonyl (C=O) groups is 1. The molecule has 1 saturated carbocycles. The SMILES string of the molecule is CC(N)C1CCCCN1C(=O)C1CCC1. The maximum Gasteiger partial charge on any atom is 0.225 e. The van der Waals surface area contributed by atoms with E-state index in [0.29, 0.717) is 17.9 Å². The number of amides is 1. The highest BCUT2D eigenvalue weighted by Crippen LogP contribution is 2.31. The van der Waals surface area contributed by atoms with E-state index in [-0.39, 0.29) is 6.04 Å². The number of nitrogens with two attached hydrogens (primary N) is 1. The third-order valence-electron chi connectivity index (χ3n) is 3.89. The van der Waals surface area contributed by atoms with Gasteiger partial charge in [-0.1, -0.05) is 6.42 Å². The highest BCUT2D eigenvalue weighted by atomic mass is 16.2. The number of likely N-dealkylation sites (tertiary alicyclic amines) is 1. The van der Waals surface area contributed by atoms with Crippen LogP contribution in [0.5, 0.6) is 0 Å². The van der Waals surface area contributed by atoms with Crippen molar-refractivity contribution >= 4 is 5.91 Å². The summed E-state index contributed by atoms with van der Waals surface area (Å²) in [7, 11) is 0. The molecule has 0 aromatic carbocycles. The minimum absolute atomic E-state index is 0.120. The predicted octanol–water partition coefficient (Wildman–Crippen LogP) is 1.51. The molecule has 1 aliphatic heterocycles. The molecule has 2 unspecified atom stereocenters. The first-order valence-electron chi connectivity index (χ1n) is 6.26. The Morgan fingerprint density at radius 1 is 1.27 bits per heavy atom. The highest BCUT2D eigenvalue weighted by Gasteiger charge is 2.35. The van der Waals surface area contributed by atoms with Gasteiger partial charge in [-0.2, -0.15) is 0 Å². The summed E-state index contributed by atoms with van der Waals surface area (Å²) < 4.78 is 0. The Hall–Kier alpha value is -0.570. The largest absolute Gasteiger partial charge is 0.338 e. The lowest BCUT2D eigenvalue weighted by molar-refractivity contribution is -0.142. The van der Waals surface area contributed by atoms with Crippen LogP contribution in [0, 0.1) is 5.92 Å². The van der Waals surface area contributed by atoms with E-state index in [1.807, 2.05) is 6.92 Å². The van der Waals surface area contributed by atoms with Gasteiger partial charge >= 0.3 is 0 Å². The maximum absolute atomic E-state index is 12.2. The molecule has 1 aliphatic carbocycles. The van der Waals surface area contributed by atoms with E-state index in [2.05, 4.69) is 4.90 Å². The Bertz CT molecular complexity index is 236. The van der Waals surface area contributed by atoms with E-state index in [0.717, 1.165) is 32.2 Å². The van der Waals surface area contributed by atoms with Gasteiger partial charge in [-0.3, -0.25) is 4.79 Å². The molecule has 0 aromatic rings. The molecule has 0 bridgehead atoms. The van der Waals surface area contributed by atoms with Gasteiger partial charge in [-0.25, -0.2) is 0 Å². The Morgan fingerprint density at radius 2 is 2.00 bits per heavy atom. The van der Waals surface area contributed by atoms with Gasteiger partial charge < -0.3 is 10.6 Å². The van der Waals surface area contributed by atoms with Crippen molar-refractivity contribution in [2.75, 3.05) is 6.54 Å². The molecule has 0 radical (unpaired) electrons. The summed E-state index contributed by atoms with van der Waals surface area (Å²) in [4.78, 5) is 14.2. The molecular formula is C12H22N2O. The number of nitrogens with zero attached hydrogens (tertiary/aromatic N) is 1. The first-order chi connectivity index (χ1) is 7.20. The molecule has 1 amide bonds. The summed E-state index contributed by atoms with van der Waals surface area (Å²) in [5.74, 6) is 0.701. The van der Waals surface area contributed by atoms with Gasteiger partial charge in [0.05, 0.1) is 0 Å². The second kappa shape index (κ2) is 4.52. The lowest BCUT2D eigenvalue weighted by Crippen LogP contribution is -2.54. The predicted molar refractivity (Wildman–Crippen MR) is 60.3 cm³/mol. The average molecular weight is 210 g/mol. The summed E-state index contributed by atoms with van der Waals surface area (Å²) in [6.45, 7) is 2.96. The number of hydrogen-bond acceptors (Lipinski definition) is 2. The lowest BCUT2D eigenvalue weighted by atomic mass is 9.83. The van der Waals surface area contributed by atoms with Gasteiger partial charge in [0, 0.05) is 24.5 Å². The van der Waals surface area contributed by atoms with E-state index in [4.69, 9.17) is 5.73 Å². The van der Waals surface area contributed by atoms with Crippen LogP contribution in [0.2, 0.25) is 0 Å². The summed E-state index contributed by atoms with van der Waals surface area (Å²) >= 11 is 0. The third kappa shape index (κ3) is 2.17. The van der Waals surface area contributed by atoms with E-state index in [1.165, 1.54) is 12.8 Å². The zero-order valence-electron chi connectivity index (χ0n) is 9.61. The molecule has 2 N–H and O–H groups in total. The summed E-state index contributed by atoms with van der Waals surface area (Å²) in [6, 6.07) is 0.418. The van der Waals surface area contributed by atoms with Crippen LogP contribution in [0.25, 0.3) is 0 Å². The lowest BCUT2D eigenvalue weighted by Gasteiger charge is -2.41. The van der Waals surface area contributed by atoms with Crippen LogP contribution < -0.4 is 5.73 Å².